The van der Waals surface area contributed by atoms with Gasteiger partial charge in [-0.1, -0.05) is 73.1 Å². The first kappa shape index (κ1) is 27.5. The van der Waals surface area contributed by atoms with Gasteiger partial charge in [-0.2, -0.15) is 0 Å². The number of anilines is 1. The van der Waals surface area contributed by atoms with E-state index in [1.54, 1.807) is 30.3 Å². The summed E-state index contributed by atoms with van der Waals surface area (Å²) in [5.41, 5.74) is 4.44. The summed E-state index contributed by atoms with van der Waals surface area (Å²) in [6.45, 7) is 14.3. The molecule has 0 radical (unpaired) electrons. The largest absolute Gasteiger partial charge is 0.342 e. The molecule has 2 amide bonds. The van der Waals surface area contributed by atoms with Crippen LogP contribution in [0.1, 0.15) is 52.8 Å². The highest BCUT2D eigenvalue weighted by Crippen LogP contribution is 2.27. The summed E-state index contributed by atoms with van der Waals surface area (Å²) in [6.07, 6.45) is 1.74. The van der Waals surface area contributed by atoms with E-state index in [-0.39, 0.29) is 23.5 Å². The quantitative estimate of drug-likeness (QED) is 0.254. The number of halogens is 1. The molecule has 7 nitrogen and oxygen atoms in total. The van der Waals surface area contributed by atoms with E-state index in [1.165, 1.54) is 11.8 Å². The summed E-state index contributed by atoms with van der Waals surface area (Å²) in [4.78, 5) is 25.7. The number of rotatable bonds is 10. The fourth-order valence-corrected chi connectivity index (χ4v) is 4.99. The van der Waals surface area contributed by atoms with Gasteiger partial charge in [0.05, 0.1) is 22.4 Å². The Bertz CT molecular complexity index is 1250. The lowest BCUT2D eigenvalue weighted by molar-refractivity contribution is -0.113. The molecule has 3 aromatic rings. The molecule has 0 saturated carbocycles. The average Bonchev–Trinajstić information content (AvgIpc) is 3.20. The van der Waals surface area contributed by atoms with Crippen molar-refractivity contribution < 1.29 is 9.59 Å². The average molecular weight is 526 g/mol. The van der Waals surface area contributed by atoms with E-state index in [2.05, 4.69) is 27.4 Å². The molecule has 0 aliphatic rings. The molecule has 9 heteroatoms. The Balaban J connectivity index is 1.78. The SMILES string of the molecule is C=CCn1c(SCC(=O)Nc2c(C)cc(C)cc2C)nnc1[C@H](NC(=O)c1ccccc1Cl)C(C)C. The second-order valence-corrected chi connectivity index (χ2v) is 10.4. The highest BCUT2D eigenvalue weighted by atomic mass is 35.5. The Morgan fingerprint density at radius 1 is 1.14 bits per heavy atom. The number of aromatic nitrogens is 3. The molecular formula is C27H32ClN5O2S. The predicted molar refractivity (Wildman–Crippen MR) is 147 cm³/mol. The Morgan fingerprint density at radius 2 is 1.81 bits per heavy atom. The van der Waals surface area contributed by atoms with Crippen LogP contribution in [0.15, 0.2) is 54.2 Å². The van der Waals surface area contributed by atoms with Crippen molar-refractivity contribution in [3.8, 4) is 0 Å². The number of aryl methyl sites for hydroxylation is 3. The molecule has 2 N–H and O–H groups in total. The Morgan fingerprint density at radius 3 is 2.42 bits per heavy atom. The number of nitrogens with zero attached hydrogens (tertiary/aromatic N) is 3. The van der Waals surface area contributed by atoms with Gasteiger partial charge >= 0.3 is 0 Å². The number of benzene rings is 2. The highest BCUT2D eigenvalue weighted by Gasteiger charge is 2.27. The number of carbonyl (C=O) groups is 2. The summed E-state index contributed by atoms with van der Waals surface area (Å²) >= 11 is 7.51. The zero-order chi connectivity index (χ0) is 26.4. The maximum absolute atomic E-state index is 13.0. The standard InChI is InChI=1S/C27H32ClN5O2S/c1-7-12-33-25(23(16(2)3)30-26(35)20-10-8-9-11-21(20)28)31-32-27(33)36-15-22(34)29-24-18(5)13-17(4)14-19(24)6/h7-11,13-14,16,23H,1,12,15H2,2-6H3,(H,29,34)(H,30,35)/t23-/m1/s1. The zero-order valence-electron chi connectivity index (χ0n) is 21.3. The lowest BCUT2D eigenvalue weighted by Crippen LogP contribution is -2.34. The zero-order valence-corrected chi connectivity index (χ0v) is 22.8. The van der Waals surface area contributed by atoms with Crippen LogP contribution in [0.2, 0.25) is 5.02 Å². The molecule has 0 fully saturated rings. The van der Waals surface area contributed by atoms with E-state index >= 15 is 0 Å². The van der Waals surface area contributed by atoms with Gasteiger partial charge in [0.15, 0.2) is 11.0 Å². The molecule has 0 unspecified atom stereocenters. The van der Waals surface area contributed by atoms with Crippen molar-refractivity contribution in [3.63, 3.8) is 0 Å². The van der Waals surface area contributed by atoms with Crippen LogP contribution >= 0.6 is 23.4 Å². The number of carbonyl (C=O) groups excluding carboxylic acids is 2. The third-order valence-corrected chi connectivity index (χ3v) is 6.98. The van der Waals surface area contributed by atoms with Crippen molar-refractivity contribution in [1.82, 2.24) is 20.1 Å². The van der Waals surface area contributed by atoms with Gasteiger partial charge in [0.25, 0.3) is 5.91 Å². The van der Waals surface area contributed by atoms with Crippen LogP contribution in [0.5, 0.6) is 0 Å². The predicted octanol–water partition coefficient (Wildman–Crippen LogP) is 5.90. The minimum atomic E-state index is -0.415. The van der Waals surface area contributed by atoms with Gasteiger partial charge in [-0.25, -0.2) is 0 Å². The van der Waals surface area contributed by atoms with Gasteiger partial charge in [-0.15, -0.1) is 16.8 Å². The van der Waals surface area contributed by atoms with Crippen LogP contribution in [0.25, 0.3) is 0 Å². The van der Waals surface area contributed by atoms with Crippen LogP contribution < -0.4 is 10.6 Å². The summed E-state index contributed by atoms with van der Waals surface area (Å²) < 4.78 is 1.88. The monoisotopic (exact) mass is 525 g/mol. The molecule has 1 atom stereocenters. The van der Waals surface area contributed by atoms with E-state index in [0.29, 0.717) is 28.1 Å². The molecule has 0 bridgehead atoms. The normalized spacial score (nSPS) is 11.9. The molecule has 0 saturated heterocycles. The Hall–Kier alpha value is -3.10. The summed E-state index contributed by atoms with van der Waals surface area (Å²) in [7, 11) is 0. The van der Waals surface area contributed by atoms with Gasteiger partial charge in [0.2, 0.25) is 5.91 Å². The van der Waals surface area contributed by atoms with Crippen molar-refractivity contribution in [3.05, 3.63) is 82.2 Å². The topological polar surface area (TPSA) is 88.9 Å². The molecule has 0 aliphatic carbocycles. The van der Waals surface area contributed by atoms with Crippen molar-refractivity contribution in [2.75, 3.05) is 11.1 Å². The fraction of sp³-hybridized carbons (Fsp3) is 0.333. The lowest BCUT2D eigenvalue weighted by Gasteiger charge is -2.23. The van der Waals surface area contributed by atoms with Crippen LogP contribution in [0.4, 0.5) is 5.69 Å². The molecule has 3 rings (SSSR count). The molecule has 0 aliphatic heterocycles. The molecular weight excluding hydrogens is 494 g/mol. The summed E-state index contributed by atoms with van der Waals surface area (Å²) in [5, 5.41) is 15.7. The van der Waals surface area contributed by atoms with Crippen LogP contribution in [-0.2, 0) is 11.3 Å². The van der Waals surface area contributed by atoms with Gasteiger partial charge in [-0.3, -0.25) is 9.59 Å². The molecule has 190 valence electrons. The van der Waals surface area contributed by atoms with Gasteiger partial charge in [0.1, 0.15) is 0 Å². The van der Waals surface area contributed by atoms with Crippen LogP contribution in [0.3, 0.4) is 0 Å². The first-order chi connectivity index (χ1) is 17.1. The fourth-order valence-electron chi connectivity index (χ4n) is 4.01. The van der Waals surface area contributed by atoms with Crippen molar-refractivity contribution >= 4 is 40.9 Å². The van der Waals surface area contributed by atoms with E-state index in [4.69, 9.17) is 11.6 Å². The summed E-state index contributed by atoms with van der Waals surface area (Å²) in [5.74, 6) is 0.374. The van der Waals surface area contributed by atoms with Crippen LogP contribution in [0, 0.1) is 26.7 Å². The maximum atomic E-state index is 13.0. The number of nitrogens with one attached hydrogen (secondary N) is 2. The minimum Gasteiger partial charge on any atom is -0.342 e. The first-order valence-corrected chi connectivity index (χ1v) is 13.1. The molecule has 2 aromatic carbocycles. The van der Waals surface area contributed by atoms with Gasteiger partial charge in [-0.05, 0) is 49.9 Å². The minimum absolute atomic E-state index is 0.0258. The van der Waals surface area contributed by atoms with Gasteiger partial charge < -0.3 is 15.2 Å². The third-order valence-electron chi connectivity index (χ3n) is 5.68. The van der Waals surface area contributed by atoms with Crippen molar-refractivity contribution in [2.45, 2.75) is 52.4 Å². The third kappa shape index (κ3) is 6.56. The van der Waals surface area contributed by atoms with Crippen LogP contribution in [-0.4, -0.2) is 32.3 Å². The number of amides is 2. The van der Waals surface area contributed by atoms with Gasteiger partial charge in [0, 0.05) is 12.2 Å². The molecule has 1 aromatic heterocycles. The van der Waals surface area contributed by atoms with E-state index in [1.807, 2.05) is 51.3 Å². The van der Waals surface area contributed by atoms with E-state index in [9.17, 15) is 9.59 Å². The smallest absolute Gasteiger partial charge is 0.253 e. The number of hydrogen-bond donors (Lipinski definition) is 2. The van der Waals surface area contributed by atoms with E-state index < -0.39 is 6.04 Å². The number of hydrogen-bond acceptors (Lipinski definition) is 5. The van der Waals surface area contributed by atoms with Crippen molar-refractivity contribution in [2.24, 2.45) is 5.92 Å². The Labute approximate surface area is 221 Å². The molecule has 1 heterocycles. The first-order valence-electron chi connectivity index (χ1n) is 11.7. The second-order valence-electron chi connectivity index (χ2n) is 9.03. The second kappa shape index (κ2) is 12.2. The van der Waals surface area contributed by atoms with Crippen molar-refractivity contribution in [1.29, 1.82) is 0 Å². The summed E-state index contributed by atoms with van der Waals surface area (Å²) in [6, 6.07) is 10.6. The molecule has 36 heavy (non-hydrogen) atoms. The maximum Gasteiger partial charge on any atom is 0.253 e. The Kier molecular flexibility index (Phi) is 9.34. The number of thioether (sulfide) groups is 1. The lowest BCUT2D eigenvalue weighted by atomic mass is 10.0. The number of allylic oxidation sites excluding steroid dienone is 1. The van der Waals surface area contributed by atoms with E-state index in [0.717, 1.165) is 22.4 Å². The highest BCUT2D eigenvalue weighted by molar-refractivity contribution is 7.99. The molecule has 0 spiro atoms.